The summed E-state index contributed by atoms with van der Waals surface area (Å²) in [6.45, 7) is 0. The molecule has 0 radical (unpaired) electrons. The van der Waals surface area contributed by atoms with E-state index in [4.69, 9.17) is 10.2 Å². The zero-order valence-electron chi connectivity index (χ0n) is 6.90. The van der Waals surface area contributed by atoms with E-state index in [0.29, 0.717) is 0 Å². The van der Waals surface area contributed by atoms with E-state index in [2.05, 4.69) is 5.32 Å². The van der Waals surface area contributed by atoms with Gasteiger partial charge in [-0.15, -0.1) is 0 Å². The third kappa shape index (κ3) is 4.57. The van der Waals surface area contributed by atoms with E-state index in [0.717, 1.165) is 6.08 Å². The minimum Gasteiger partial charge on any atom is -0.481 e. The van der Waals surface area contributed by atoms with E-state index in [1.165, 1.54) is 7.05 Å². The van der Waals surface area contributed by atoms with E-state index in [-0.39, 0.29) is 0 Å². The summed E-state index contributed by atoms with van der Waals surface area (Å²) >= 11 is 0. The molecular weight excluding hydrogens is 178 g/mol. The normalized spacial score (nSPS) is 10.7. The van der Waals surface area contributed by atoms with Crippen molar-refractivity contribution in [3.8, 4) is 0 Å². The number of carboxylic acids is 2. The van der Waals surface area contributed by atoms with Crippen molar-refractivity contribution in [2.24, 2.45) is 0 Å². The molecule has 0 spiro atoms. The molecule has 0 saturated heterocycles. The maximum absolute atomic E-state index is 10.7. The zero-order chi connectivity index (χ0) is 10.4. The van der Waals surface area contributed by atoms with Crippen LogP contribution in [0.1, 0.15) is 6.42 Å². The van der Waals surface area contributed by atoms with Gasteiger partial charge in [-0.3, -0.25) is 9.59 Å². The van der Waals surface area contributed by atoms with Gasteiger partial charge in [0.1, 0.15) is 0 Å². The van der Waals surface area contributed by atoms with Crippen LogP contribution < -0.4 is 5.32 Å². The second-order valence-electron chi connectivity index (χ2n) is 2.16. The number of hydrogen-bond donors (Lipinski definition) is 3. The molecule has 0 aliphatic rings. The van der Waals surface area contributed by atoms with Gasteiger partial charge in [-0.25, -0.2) is 4.79 Å². The predicted molar refractivity (Wildman–Crippen MR) is 42.0 cm³/mol. The van der Waals surface area contributed by atoms with Crippen LogP contribution in [0.4, 0.5) is 0 Å². The van der Waals surface area contributed by atoms with E-state index in [1.54, 1.807) is 0 Å². The highest BCUT2D eigenvalue weighted by Gasteiger charge is 2.12. The third-order valence-electron chi connectivity index (χ3n) is 1.17. The van der Waals surface area contributed by atoms with Gasteiger partial charge < -0.3 is 15.5 Å². The van der Waals surface area contributed by atoms with Gasteiger partial charge in [-0.05, 0) is 0 Å². The van der Waals surface area contributed by atoms with Gasteiger partial charge in [0, 0.05) is 13.1 Å². The third-order valence-corrected chi connectivity index (χ3v) is 1.17. The van der Waals surface area contributed by atoms with Gasteiger partial charge in [-0.1, -0.05) is 0 Å². The highest BCUT2D eigenvalue weighted by Crippen LogP contribution is 2.00. The minimum atomic E-state index is -1.41. The molecule has 0 atom stereocenters. The van der Waals surface area contributed by atoms with Crippen LogP contribution in [-0.2, 0) is 14.4 Å². The average molecular weight is 187 g/mol. The number of hydrogen-bond acceptors (Lipinski definition) is 3. The first-order valence-corrected chi connectivity index (χ1v) is 3.34. The number of aliphatic carboxylic acids is 2. The first kappa shape index (κ1) is 11.2. The van der Waals surface area contributed by atoms with Crippen molar-refractivity contribution in [1.29, 1.82) is 0 Å². The number of nitrogens with one attached hydrogen (secondary N) is 1. The Morgan fingerprint density at radius 3 is 2.15 bits per heavy atom. The van der Waals surface area contributed by atoms with Crippen LogP contribution in [0.15, 0.2) is 11.6 Å². The summed E-state index contributed by atoms with van der Waals surface area (Å²) in [5, 5.41) is 18.9. The summed E-state index contributed by atoms with van der Waals surface area (Å²) in [6.07, 6.45) is 0.0687. The highest BCUT2D eigenvalue weighted by atomic mass is 16.4. The monoisotopic (exact) mass is 187 g/mol. The summed E-state index contributed by atoms with van der Waals surface area (Å²) in [5.41, 5.74) is -0.452. The van der Waals surface area contributed by atoms with Crippen LogP contribution >= 0.6 is 0 Å². The lowest BCUT2D eigenvalue weighted by Crippen LogP contribution is -2.17. The molecule has 0 bridgehead atoms. The molecule has 0 aliphatic heterocycles. The van der Waals surface area contributed by atoms with Gasteiger partial charge in [0.2, 0.25) is 5.91 Å². The molecule has 0 rings (SSSR count). The first-order valence-electron chi connectivity index (χ1n) is 3.34. The molecule has 3 N–H and O–H groups in total. The lowest BCUT2D eigenvalue weighted by Gasteiger charge is -1.97. The maximum Gasteiger partial charge on any atom is 0.332 e. The van der Waals surface area contributed by atoms with Crippen LogP contribution in [0.3, 0.4) is 0 Å². The van der Waals surface area contributed by atoms with Gasteiger partial charge >= 0.3 is 11.9 Å². The summed E-state index contributed by atoms with van der Waals surface area (Å²) in [4.78, 5) is 31.2. The Bertz CT molecular complexity index is 268. The Balaban J connectivity index is 4.60. The van der Waals surface area contributed by atoms with Crippen LogP contribution in [-0.4, -0.2) is 35.1 Å². The van der Waals surface area contributed by atoms with Gasteiger partial charge in [0.15, 0.2) is 0 Å². The lowest BCUT2D eigenvalue weighted by molar-refractivity contribution is -0.139. The summed E-state index contributed by atoms with van der Waals surface area (Å²) in [6, 6.07) is 0. The molecule has 72 valence electrons. The van der Waals surface area contributed by atoms with Gasteiger partial charge in [0.05, 0.1) is 12.0 Å². The summed E-state index contributed by atoms with van der Waals surface area (Å²) in [5.74, 6) is -3.35. The standard InChI is InChI=1S/C7H9NO5/c1-8-5(9)2-4(7(12)13)3-6(10)11/h2H,3H2,1H3,(H,8,9)(H,10,11)(H,12,13)/b4-2+. The second-order valence-corrected chi connectivity index (χ2v) is 2.16. The van der Waals surface area contributed by atoms with Crippen molar-refractivity contribution in [1.82, 2.24) is 5.32 Å². The van der Waals surface area contributed by atoms with Crippen molar-refractivity contribution < 1.29 is 24.6 Å². The summed E-state index contributed by atoms with van der Waals surface area (Å²) in [7, 11) is 1.32. The molecule has 6 nitrogen and oxygen atoms in total. The molecule has 6 heteroatoms. The molecule has 13 heavy (non-hydrogen) atoms. The molecule has 0 aromatic carbocycles. The smallest absolute Gasteiger partial charge is 0.332 e. The molecule has 0 unspecified atom stereocenters. The molecule has 0 heterocycles. The van der Waals surface area contributed by atoms with Crippen LogP contribution in [0, 0.1) is 0 Å². The maximum atomic E-state index is 10.7. The Morgan fingerprint density at radius 1 is 1.31 bits per heavy atom. The van der Waals surface area contributed by atoms with Crippen molar-refractivity contribution >= 4 is 17.8 Å². The van der Waals surface area contributed by atoms with E-state index >= 15 is 0 Å². The Morgan fingerprint density at radius 2 is 1.85 bits per heavy atom. The highest BCUT2D eigenvalue weighted by molar-refractivity contribution is 6.00. The molecule has 0 aromatic rings. The Hall–Kier alpha value is -1.85. The fraction of sp³-hybridized carbons (Fsp3) is 0.286. The quantitative estimate of drug-likeness (QED) is 0.501. The fourth-order valence-corrected chi connectivity index (χ4v) is 0.582. The van der Waals surface area contributed by atoms with E-state index in [9.17, 15) is 14.4 Å². The molecule has 1 amide bonds. The SMILES string of the molecule is CNC(=O)/C=C(\CC(=O)O)C(=O)O. The van der Waals surface area contributed by atoms with Crippen molar-refractivity contribution in [2.75, 3.05) is 7.05 Å². The van der Waals surface area contributed by atoms with Crippen LogP contribution in [0.25, 0.3) is 0 Å². The number of rotatable bonds is 4. The minimum absolute atomic E-state index is 0.452. The van der Waals surface area contributed by atoms with Crippen molar-refractivity contribution in [3.63, 3.8) is 0 Å². The fourth-order valence-electron chi connectivity index (χ4n) is 0.582. The lowest BCUT2D eigenvalue weighted by atomic mass is 10.2. The van der Waals surface area contributed by atoms with E-state index in [1.807, 2.05) is 0 Å². The van der Waals surface area contributed by atoms with Crippen molar-refractivity contribution in [3.05, 3.63) is 11.6 Å². The second kappa shape index (κ2) is 4.91. The predicted octanol–water partition coefficient (Wildman–Crippen LogP) is -0.782. The average Bonchev–Trinajstić information content (AvgIpc) is 2.02. The van der Waals surface area contributed by atoms with E-state index < -0.39 is 29.8 Å². The molecule has 0 aliphatic carbocycles. The number of carboxylic acid groups (broad SMARTS) is 2. The Kier molecular flexibility index (Phi) is 4.21. The van der Waals surface area contributed by atoms with Gasteiger partial charge in [-0.2, -0.15) is 0 Å². The van der Waals surface area contributed by atoms with Crippen LogP contribution in [0.2, 0.25) is 0 Å². The molecule has 0 fully saturated rings. The van der Waals surface area contributed by atoms with Crippen molar-refractivity contribution in [2.45, 2.75) is 6.42 Å². The Labute approximate surface area is 73.9 Å². The number of amides is 1. The largest absolute Gasteiger partial charge is 0.481 e. The molecule has 0 saturated carbocycles. The number of carbonyl (C=O) groups excluding carboxylic acids is 1. The molecular formula is C7H9NO5. The topological polar surface area (TPSA) is 104 Å². The number of likely N-dealkylation sites (N-methyl/N-ethyl adjacent to an activating group) is 1. The summed E-state index contributed by atoms with van der Waals surface area (Å²) < 4.78 is 0. The molecule has 0 aromatic heterocycles. The zero-order valence-corrected chi connectivity index (χ0v) is 6.90. The number of carbonyl (C=O) groups is 3. The van der Waals surface area contributed by atoms with Crippen LogP contribution in [0.5, 0.6) is 0 Å². The van der Waals surface area contributed by atoms with Gasteiger partial charge in [0.25, 0.3) is 0 Å². The first-order chi connectivity index (χ1) is 5.97.